The highest BCUT2D eigenvalue weighted by Crippen LogP contribution is 2.28. The number of hydrogen-bond donors (Lipinski definition) is 5. The van der Waals surface area contributed by atoms with Crippen molar-refractivity contribution in [1.82, 2.24) is 60.5 Å². The van der Waals surface area contributed by atoms with Crippen molar-refractivity contribution in [2.75, 3.05) is 92.7 Å². The van der Waals surface area contributed by atoms with Crippen LogP contribution in [0.3, 0.4) is 0 Å². The summed E-state index contributed by atoms with van der Waals surface area (Å²) in [6.07, 6.45) is 4.55. The first-order valence-electron chi connectivity index (χ1n) is 35.3. The first kappa shape index (κ1) is 90.5. The third-order valence-corrected chi connectivity index (χ3v) is 20.0. The standard InChI is InChI=1S/C71H130N12O13S2/c1-28-32-33-47(15)59(84)58-63(88)74-50(29-2)65(90)80(24)55(40-98-35-34-83(30-3)31-4)68(93)79(23)54(39-71(18,19)96-41-97-27)62(87)75-56(45(11)12)69(94)76(20)51(36-42(5)6)61(86)72-48(16)60(85)73-49(17)64(89)77(21)52(37-43(7)8)66(91)78(22)53(38-44(9)10)67(92)81(25)57(46(13)14)70(95)82(58)26/h28,32,42-59,84H,29-31,33-41H2,1-27H3,(H,72,86)(H,73,85)(H,74,88)(H,75,87)/b32-28+/t47-,48+,49-,50+,51+,52+,53+,54+,55-,56+,57+,58+,59-/m1/s1. The van der Waals surface area contributed by atoms with Crippen LogP contribution in [0.2, 0.25) is 0 Å². The summed E-state index contributed by atoms with van der Waals surface area (Å²) in [7, 11) is 10.1. The topological polar surface area (TPSA) is 291 Å². The van der Waals surface area contributed by atoms with E-state index in [1.54, 1.807) is 61.5 Å². The van der Waals surface area contributed by atoms with Gasteiger partial charge in [0, 0.05) is 73.8 Å². The van der Waals surface area contributed by atoms with Crippen LogP contribution in [0.5, 0.6) is 0 Å². The summed E-state index contributed by atoms with van der Waals surface area (Å²) >= 11 is 2.84. The summed E-state index contributed by atoms with van der Waals surface area (Å²) in [4.78, 5) is 177. The Morgan fingerprint density at radius 2 is 0.980 bits per heavy atom. The number of nitrogens with one attached hydrogen (secondary N) is 4. The molecule has 1 aliphatic heterocycles. The van der Waals surface area contributed by atoms with Gasteiger partial charge in [0.05, 0.1) is 17.6 Å². The Kier molecular flexibility index (Phi) is 39.4. The van der Waals surface area contributed by atoms with Gasteiger partial charge >= 0.3 is 0 Å². The quantitative estimate of drug-likeness (QED) is 0.0448. The number of hydrogen-bond acceptors (Lipinski definition) is 16. The van der Waals surface area contributed by atoms with E-state index in [2.05, 4.69) is 26.2 Å². The zero-order valence-corrected chi connectivity index (χ0v) is 66.4. The number of aliphatic hydroxyl groups excluding tert-OH is 1. The summed E-state index contributed by atoms with van der Waals surface area (Å²) in [5.74, 6) is -9.05. The Hall–Kier alpha value is -5.51. The Labute approximate surface area is 597 Å². The lowest BCUT2D eigenvalue weighted by Crippen LogP contribution is -2.64. The number of carbonyl (C=O) groups excluding carboxylic acids is 11. The molecule has 0 aromatic heterocycles. The van der Waals surface area contributed by atoms with Gasteiger partial charge in [0.2, 0.25) is 65.0 Å². The Morgan fingerprint density at radius 1 is 0.531 bits per heavy atom. The van der Waals surface area contributed by atoms with Gasteiger partial charge < -0.3 is 70.3 Å². The highest BCUT2D eigenvalue weighted by atomic mass is 32.2. The monoisotopic (exact) mass is 1420 g/mol. The molecule has 1 heterocycles. The maximum absolute atomic E-state index is 15.6. The second kappa shape index (κ2) is 42.7. The predicted octanol–water partition coefficient (Wildman–Crippen LogP) is 5.17. The number of thioether (sulfide) groups is 2. The number of likely N-dealkylation sites (N-methyl/N-ethyl adjacent to an activating group) is 7. The van der Waals surface area contributed by atoms with Crippen LogP contribution < -0.4 is 21.3 Å². The molecule has 0 saturated carbocycles. The van der Waals surface area contributed by atoms with E-state index < -0.39 is 161 Å². The molecule has 0 aromatic rings. The van der Waals surface area contributed by atoms with Gasteiger partial charge in [-0.3, -0.25) is 52.7 Å². The fourth-order valence-electron chi connectivity index (χ4n) is 12.2. The Bertz CT molecular complexity index is 2640. The summed E-state index contributed by atoms with van der Waals surface area (Å²) in [6, 6.07) is -14.1. The molecule has 27 heteroatoms. The Morgan fingerprint density at radius 3 is 1.46 bits per heavy atom. The van der Waals surface area contributed by atoms with Crippen molar-refractivity contribution in [3.05, 3.63) is 12.2 Å². The molecular formula is C71H130N12O13S2. The number of amides is 11. The Balaban J connectivity index is 4.66. The van der Waals surface area contributed by atoms with E-state index in [4.69, 9.17) is 4.74 Å². The summed E-state index contributed by atoms with van der Waals surface area (Å²) in [5.41, 5.74) is -1.05. The van der Waals surface area contributed by atoms with Crippen LogP contribution in [0.15, 0.2) is 12.2 Å². The van der Waals surface area contributed by atoms with Crippen LogP contribution in [0.1, 0.15) is 170 Å². The average Bonchev–Trinajstić information content (AvgIpc) is 0.806. The lowest BCUT2D eigenvalue weighted by molar-refractivity contribution is -0.157. The van der Waals surface area contributed by atoms with Gasteiger partial charge in [-0.25, -0.2) is 0 Å². The molecule has 98 heavy (non-hydrogen) atoms. The van der Waals surface area contributed by atoms with Crippen molar-refractivity contribution in [3.63, 3.8) is 0 Å². The maximum atomic E-state index is 15.6. The highest BCUT2D eigenvalue weighted by molar-refractivity contribution is 7.99. The van der Waals surface area contributed by atoms with E-state index in [0.717, 1.165) is 18.0 Å². The van der Waals surface area contributed by atoms with Crippen molar-refractivity contribution in [2.24, 2.45) is 35.5 Å². The SMILES string of the molecule is C/C=C/C[C@@H](C)[C@@H](O)[C@H]1C(=O)N[C@@H](CC)C(=O)N(C)[C@H](CSCCN(CC)CC)C(=O)N(C)[C@@H](CC(C)(C)OCSC)C(=O)N[C@@H](C(C)C)C(=O)N(C)[C@@H](CC(C)C)C(=O)N[C@@H](C)C(=O)N[C@H](C)C(=O)N(C)[C@@H](CC(C)C)C(=O)N(C)[C@@H](CC(C)C)C(=O)N(C)[C@@H](C(C)C)C(=O)N1C. The van der Waals surface area contributed by atoms with Crippen LogP contribution in [0.25, 0.3) is 0 Å². The number of rotatable bonds is 25. The van der Waals surface area contributed by atoms with Gasteiger partial charge in [0.15, 0.2) is 0 Å². The van der Waals surface area contributed by atoms with Crippen molar-refractivity contribution >= 4 is 88.5 Å². The van der Waals surface area contributed by atoms with Crippen LogP contribution in [0, 0.1) is 35.5 Å². The van der Waals surface area contributed by atoms with Crippen molar-refractivity contribution in [3.8, 4) is 0 Å². The molecule has 0 radical (unpaired) electrons. The number of nitrogens with zero attached hydrogens (tertiary/aromatic N) is 8. The summed E-state index contributed by atoms with van der Waals surface area (Å²) in [6.45, 7) is 36.1. The van der Waals surface area contributed by atoms with E-state index in [0.29, 0.717) is 18.7 Å². The van der Waals surface area contributed by atoms with E-state index in [1.807, 2.05) is 74.6 Å². The minimum atomic E-state index is -1.65. The minimum absolute atomic E-state index is 0.00943. The molecule has 0 aromatic carbocycles. The van der Waals surface area contributed by atoms with Crippen molar-refractivity contribution in [1.29, 1.82) is 0 Å². The molecule has 1 saturated heterocycles. The molecule has 1 fully saturated rings. The molecule has 11 amide bonds. The zero-order valence-electron chi connectivity index (χ0n) is 64.8. The first-order valence-corrected chi connectivity index (χ1v) is 37.8. The van der Waals surface area contributed by atoms with Gasteiger partial charge in [-0.05, 0) is 122 Å². The molecule has 25 nitrogen and oxygen atoms in total. The second-order valence-electron chi connectivity index (χ2n) is 29.3. The normalized spacial score (nSPS) is 25.9. The fraction of sp³-hybridized carbons (Fsp3) is 0.817. The van der Waals surface area contributed by atoms with Crippen LogP contribution in [0.4, 0.5) is 0 Å². The molecule has 5 N–H and O–H groups in total. The van der Waals surface area contributed by atoms with Crippen LogP contribution >= 0.6 is 23.5 Å². The van der Waals surface area contributed by atoms with E-state index >= 15 is 38.4 Å². The lowest BCUT2D eigenvalue weighted by atomic mass is 9.91. The zero-order chi connectivity index (χ0) is 75.7. The van der Waals surface area contributed by atoms with Crippen LogP contribution in [-0.4, -0.2) is 280 Å². The van der Waals surface area contributed by atoms with Crippen molar-refractivity contribution in [2.45, 2.75) is 248 Å². The molecule has 0 unspecified atom stereocenters. The number of allylic oxidation sites excluding steroid dienone is 2. The molecular weight excluding hydrogens is 1290 g/mol. The lowest BCUT2D eigenvalue weighted by Gasteiger charge is -2.41. The second-order valence-corrected chi connectivity index (χ2v) is 31.3. The molecule has 0 bridgehead atoms. The highest BCUT2D eigenvalue weighted by Gasteiger charge is 2.47. The van der Waals surface area contributed by atoms with Gasteiger partial charge in [-0.1, -0.05) is 109 Å². The third-order valence-electron chi connectivity index (χ3n) is 18.7. The summed E-state index contributed by atoms with van der Waals surface area (Å²) < 4.78 is 6.26. The molecule has 0 aliphatic carbocycles. The third kappa shape index (κ3) is 26.5. The van der Waals surface area contributed by atoms with Crippen LogP contribution in [-0.2, 0) is 57.5 Å². The molecule has 1 aliphatic rings. The largest absolute Gasteiger partial charge is 0.390 e. The van der Waals surface area contributed by atoms with Gasteiger partial charge in [0.25, 0.3) is 0 Å². The number of ether oxygens (including phenoxy) is 1. The van der Waals surface area contributed by atoms with E-state index in [-0.39, 0.29) is 61.5 Å². The smallest absolute Gasteiger partial charge is 0.246 e. The van der Waals surface area contributed by atoms with E-state index in [9.17, 15) is 19.5 Å². The number of aliphatic hydroxyl groups is 1. The first-order chi connectivity index (χ1) is 45.5. The molecule has 564 valence electrons. The molecule has 13 atom stereocenters. The minimum Gasteiger partial charge on any atom is -0.390 e. The fourth-order valence-corrected chi connectivity index (χ4v) is 13.8. The average molecular weight is 1420 g/mol. The van der Waals surface area contributed by atoms with E-state index in [1.165, 1.54) is 116 Å². The van der Waals surface area contributed by atoms with Gasteiger partial charge in [-0.15, -0.1) is 11.8 Å². The number of carbonyl (C=O) groups is 11. The maximum Gasteiger partial charge on any atom is 0.246 e. The molecule has 0 spiro atoms. The summed E-state index contributed by atoms with van der Waals surface area (Å²) in [5, 5.41) is 23.6. The molecule has 1 rings (SSSR count). The van der Waals surface area contributed by atoms with Crippen molar-refractivity contribution < 1.29 is 62.6 Å². The van der Waals surface area contributed by atoms with Gasteiger partial charge in [-0.2, -0.15) is 11.8 Å². The predicted molar refractivity (Wildman–Crippen MR) is 391 cm³/mol. The van der Waals surface area contributed by atoms with Gasteiger partial charge in [0.1, 0.15) is 66.5 Å².